The zero-order valence-electron chi connectivity index (χ0n) is 12.6. The van der Waals surface area contributed by atoms with Crippen LogP contribution in [0.2, 0.25) is 0 Å². The molecule has 120 valence electrons. The largest absolute Gasteiger partial charge is 0.480 e. The van der Waals surface area contributed by atoms with E-state index in [4.69, 9.17) is 0 Å². The molecule has 1 aliphatic rings. The molecule has 1 aromatic carbocycles. The van der Waals surface area contributed by atoms with Crippen molar-refractivity contribution in [3.8, 4) is 5.69 Å². The van der Waals surface area contributed by atoms with E-state index >= 15 is 0 Å². The number of hydrogen-bond donors (Lipinski definition) is 1. The zero-order chi connectivity index (χ0) is 16.6. The van der Waals surface area contributed by atoms with Gasteiger partial charge in [0.15, 0.2) is 0 Å². The lowest BCUT2D eigenvalue weighted by atomic mass is 10.2. The van der Waals surface area contributed by atoms with Gasteiger partial charge in [-0.15, -0.1) is 0 Å². The Hall–Kier alpha value is -2.15. The van der Waals surface area contributed by atoms with Gasteiger partial charge in [-0.05, 0) is 44.0 Å². The molecule has 6 nitrogen and oxygen atoms in total. The van der Waals surface area contributed by atoms with Gasteiger partial charge in [-0.25, -0.2) is 9.48 Å². The molecule has 0 radical (unpaired) electrons. The van der Waals surface area contributed by atoms with Gasteiger partial charge in [0.1, 0.15) is 6.04 Å². The summed E-state index contributed by atoms with van der Waals surface area (Å²) in [6, 6.07) is 6.84. The minimum absolute atomic E-state index is 0.268. The second-order valence-electron chi connectivity index (χ2n) is 5.54. The molecule has 1 fully saturated rings. The van der Waals surface area contributed by atoms with E-state index < -0.39 is 12.0 Å². The first-order chi connectivity index (χ1) is 11.0. The number of carboxylic acid groups (broad SMARTS) is 1. The molecule has 1 amide bonds. The summed E-state index contributed by atoms with van der Waals surface area (Å²) in [4.78, 5) is 25.4. The Bertz CT molecular complexity index is 754. The molecule has 1 aromatic heterocycles. The van der Waals surface area contributed by atoms with Crippen molar-refractivity contribution in [2.45, 2.75) is 25.8 Å². The maximum atomic E-state index is 12.7. The predicted molar refractivity (Wildman–Crippen MR) is 87.7 cm³/mol. The average molecular weight is 378 g/mol. The Morgan fingerprint density at radius 3 is 2.65 bits per heavy atom. The lowest BCUT2D eigenvalue weighted by Gasteiger charge is -2.20. The maximum Gasteiger partial charge on any atom is 0.326 e. The maximum absolute atomic E-state index is 12.7. The van der Waals surface area contributed by atoms with E-state index in [1.165, 1.54) is 4.90 Å². The summed E-state index contributed by atoms with van der Waals surface area (Å²) in [7, 11) is 0. The lowest BCUT2D eigenvalue weighted by molar-refractivity contribution is -0.141. The number of likely N-dealkylation sites (tertiary alicyclic amines) is 1. The van der Waals surface area contributed by atoms with Crippen molar-refractivity contribution in [1.82, 2.24) is 14.7 Å². The van der Waals surface area contributed by atoms with Crippen molar-refractivity contribution < 1.29 is 14.7 Å². The van der Waals surface area contributed by atoms with Crippen molar-refractivity contribution in [3.63, 3.8) is 0 Å². The number of benzene rings is 1. The Morgan fingerprint density at radius 1 is 1.30 bits per heavy atom. The standard InChI is InChI=1S/C16H16BrN3O3/c1-10-13(15(21)19-8-2-3-14(19)16(22)23)9-20(18-10)12-6-4-11(17)5-7-12/h4-7,9,14H,2-3,8H2,1H3,(H,22,23)/t14-/m0/s1. The first-order valence-electron chi connectivity index (χ1n) is 7.33. The van der Waals surface area contributed by atoms with Crippen molar-refractivity contribution in [3.05, 3.63) is 46.2 Å². The van der Waals surface area contributed by atoms with Gasteiger partial charge in [0.25, 0.3) is 5.91 Å². The third kappa shape index (κ3) is 3.01. The summed E-state index contributed by atoms with van der Waals surface area (Å²) in [6.07, 6.45) is 2.88. The molecule has 23 heavy (non-hydrogen) atoms. The second-order valence-corrected chi connectivity index (χ2v) is 6.46. The highest BCUT2D eigenvalue weighted by molar-refractivity contribution is 9.10. The fraction of sp³-hybridized carbons (Fsp3) is 0.312. The second kappa shape index (κ2) is 6.16. The van der Waals surface area contributed by atoms with Gasteiger partial charge < -0.3 is 10.0 Å². The van der Waals surface area contributed by atoms with Crippen LogP contribution >= 0.6 is 15.9 Å². The molecular weight excluding hydrogens is 362 g/mol. The molecule has 1 atom stereocenters. The fourth-order valence-electron chi connectivity index (χ4n) is 2.82. The summed E-state index contributed by atoms with van der Waals surface area (Å²) >= 11 is 3.38. The van der Waals surface area contributed by atoms with Crippen LogP contribution in [0.5, 0.6) is 0 Å². The summed E-state index contributed by atoms with van der Waals surface area (Å²) in [6.45, 7) is 2.23. The third-order valence-corrected chi connectivity index (χ3v) is 4.55. The summed E-state index contributed by atoms with van der Waals surface area (Å²) in [5.74, 6) is -1.22. The number of halogens is 1. The fourth-order valence-corrected chi connectivity index (χ4v) is 3.08. The van der Waals surface area contributed by atoms with Gasteiger partial charge in [-0.3, -0.25) is 4.79 Å². The van der Waals surface area contributed by atoms with Crippen LogP contribution in [0.1, 0.15) is 28.9 Å². The van der Waals surface area contributed by atoms with Crippen LogP contribution < -0.4 is 0 Å². The van der Waals surface area contributed by atoms with Gasteiger partial charge in [-0.2, -0.15) is 5.10 Å². The van der Waals surface area contributed by atoms with Gasteiger partial charge in [0, 0.05) is 17.2 Å². The van der Waals surface area contributed by atoms with E-state index in [0.717, 1.165) is 10.2 Å². The molecule has 1 aliphatic heterocycles. The van der Waals surface area contributed by atoms with Crippen LogP contribution in [-0.4, -0.2) is 44.3 Å². The highest BCUT2D eigenvalue weighted by Gasteiger charge is 2.35. The van der Waals surface area contributed by atoms with Gasteiger partial charge in [0.05, 0.1) is 16.9 Å². The molecular formula is C16H16BrN3O3. The van der Waals surface area contributed by atoms with E-state index in [1.807, 2.05) is 24.3 Å². The number of rotatable bonds is 3. The normalized spacial score (nSPS) is 17.5. The number of hydrogen-bond acceptors (Lipinski definition) is 3. The Balaban J connectivity index is 1.90. The van der Waals surface area contributed by atoms with Crippen LogP contribution in [0.4, 0.5) is 0 Å². The molecule has 2 heterocycles. The summed E-state index contributed by atoms with van der Waals surface area (Å²) < 4.78 is 2.60. The number of carbonyl (C=O) groups is 2. The summed E-state index contributed by atoms with van der Waals surface area (Å²) in [5.41, 5.74) is 1.88. The van der Waals surface area contributed by atoms with E-state index in [9.17, 15) is 14.7 Å². The van der Waals surface area contributed by atoms with Gasteiger partial charge in [0.2, 0.25) is 0 Å². The van der Waals surface area contributed by atoms with E-state index in [0.29, 0.717) is 30.6 Å². The third-order valence-electron chi connectivity index (χ3n) is 4.02. The number of amides is 1. The molecule has 1 N–H and O–H groups in total. The average Bonchev–Trinajstić information content (AvgIpc) is 3.14. The monoisotopic (exact) mass is 377 g/mol. The zero-order valence-corrected chi connectivity index (χ0v) is 14.2. The lowest BCUT2D eigenvalue weighted by Crippen LogP contribution is -2.40. The SMILES string of the molecule is Cc1nn(-c2ccc(Br)cc2)cc1C(=O)N1CCC[C@H]1C(=O)O. The topological polar surface area (TPSA) is 75.4 Å². The highest BCUT2D eigenvalue weighted by atomic mass is 79.9. The van der Waals surface area contributed by atoms with Crippen molar-refractivity contribution >= 4 is 27.8 Å². The molecule has 0 aliphatic carbocycles. The van der Waals surface area contributed by atoms with E-state index in [1.54, 1.807) is 17.8 Å². The van der Waals surface area contributed by atoms with Crippen LogP contribution in [0.25, 0.3) is 5.69 Å². The van der Waals surface area contributed by atoms with Crippen molar-refractivity contribution in [1.29, 1.82) is 0 Å². The van der Waals surface area contributed by atoms with E-state index in [-0.39, 0.29) is 5.91 Å². The quantitative estimate of drug-likeness (QED) is 0.891. The molecule has 0 bridgehead atoms. The minimum atomic E-state index is -0.950. The van der Waals surface area contributed by atoms with Crippen LogP contribution in [0, 0.1) is 6.92 Å². The molecule has 7 heteroatoms. The number of aromatic nitrogens is 2. The van der Waals surface area contributed by atoms with Gasteiger partial charge in [-0.1, -0.05) is 15.9 Å². The molecule has 3 rings (SSSR count). The highest BCUT2D eigenvalue weighted by Crippen LogP contribution is 2.22. The van der Waals surface area contributed by atoms with Crippen molar-refractivity contribution in [2.24, 2.45) is 0 Å². The summed E-state index contributed by atoms with van der Waals surface area (Å²) in [5, 5.41) is 13.6. The number of aryl methyl sites for hydroxylation is 1. The first kappa shape index (κ1) is 15.7. The molecule has 0 spiro atoms. The number of nitrogens with zero attached hydrogens (tertiary/aromatic N) is 3. The smallest absolute Gasteiger partial charge is 0.326 e. The van der Waals surface area contributed by atoms with Crippen molar-refractivity contribution in [2.75, 3.05) is 6.54 Å². The molecule has 0 unspecified atom stereocenters. The number of aliphatic carboxylic acids is 1. The van der Waals surface area contributed by atoms with Crippen LogP contribution in [-0.2, 0) is 4.79 Å². The van der Waals surface area contributed by atoms with Gasteiger partial charge >= 0.3 is 5.97 Å². The Morgan fingerprint density at radius 2 is 2.00 bits per heavy atom. The number of carboxylic acids is 1. The molecule has 1 saturated heterocycles. The Kier molecular flexibility index (Phi) is 4.21. The molecule has 2 aromatic rings. The predicted octanol–water partition coefficient (Wildman–Crippen LogP) is 2.63. The minimum Gasteiger partial charge on any atom is -0.480 e. The number of carbonyl (C=O) groups excluding carboxylic acids is 1. The first-order valence-corrected chi connectivity index (χ1v) is 8.12. The van der Waals surface area contributed by atoms with Crippen LogP contribution in [0.3, 0.4) is 0 Å². The molecule has 0 saturated carbocycles. The Labute approximate surface area is 141 Å². The van der Waals surface area contributed by atoms with Crippen LogP contribution in [0.15, 0.2) is 34.9 Å². The van der Waals surface area contributed by atoms with E-state index in [2.05, 4.69) is 21.0 Å².